The largest absolute Gasteiger partial charge is 0.444 e. The Bertz CT molecular complexity index is 764. The quantitative estimate of drug-likeness (QED) is 0.488. The summed E-state index contributed by atoms with van der Waals surface area (Å²) >= 11 is 3.02. The Kier molecular flexibility index (Phi) is 5.07. The van der Waals surface area contributed by atoms with Gasteiger partial charge in [-0.15, -0.1) is 0 Å². The molecule has 0 aliphatic heterocycles. The third-order valence-electron chi connectivity index (χ3n) is 2.96. The molecule has 0 heterocycles. The van der Waals surface area contributed by atoms with Crippen LogP contribution < -0.4 is 5.73 Å². The molecular formula is C15H11BrN2O5. The lowest BCUT2D eigenvalue weighted by molar-refractivity contribution is -0.385. The number of halogens is 1. The van der Waals surface area contributed by atoms with Crippen molar-refractivity contribution < 1.29 is 19.2 Å². The lowest BCUT2D eigenvalue weighted by atomic mass is 10.1. The Labute approximate surface area is 139 Å². The molecule has 0 radical (unpaired) electrons. The molecule has 1 unspecified atom stereocenters. The Balaban J connectivity index is 2.28. The molecule has 0 bridgehead atoms. The summed E-state index contributed by atoms with van der Waals surface area (Å²) < 4.78 is 5.34. The number of nitro benzene ring substituents is 1. The van der Waals surface area contributed by atoms with Gasteiger partial charge in [0.2, 0.25) is 6.10 Å². The molecule has 0 aliphatic carbocycles. The smallest absolute Gasteiger partial charge is 0.339 e. The zero-order chi connectivity index (χ0) is 17.0. The first kappa shape index (κ1) is 16.6. The molecule has 118 valence electrons. The van der Waals surface area contributed by atoms with Crippen molar-refractivity contribution in [2.75, 3.05) is 0 Å². The van der Waals surface area contributed by atoms with Crippen LogP contribution in [0.25, 0.3) is 0 Å². The van der Waals surface area contributed by atoms with E-state index in [1.165, 1.54) is 12.1 Å². The van der Waals surface area contributed by atoms with E-state index in [2.05, 4.69) is 15.9 Å². The molecule has 2 rings (SSSR count). The fourth-order valence-corrected chi connectivity index (χ4v) is 2.26. The minimum absolute atomic E-state index is 0.0536. The molecule has 0 spiro atoms. The molecule has 2 N–H and O–H groups in total. The first-order valence-electron chi connectivity index (χ1n) is 6.39. The van der Waals surface area contributed by atoms with Gasteiger partial charge in [0.1, 0.15) is 0 Å². The number of carbonyl (C=O) groups excluding carboxylic acids is 2. The molecule has 0 saturated heterocycles. The van der Waals surface area contributed by atoms with Gasteiger partial charge in [0.05, 0.1) is 15.0 Å². The molecule has 1 atom stereocenters. The van der Waals surface area contributed by atoms with E-state index in [0.29, 0.717) is 5.56 Å². The van der Waals surface area contributed by atoms with Crippen molar-refractivity contribution in [1.82, 2.24) is 0 Å². The molecule has 0 saturated carbocycles. The van der Waals surface area contributed by atoms with Crippen molar-refractivity contribution >= 4 is 33.5 Å². The highest BCUT2D eigenvalue weighted by molar-refractivity contribution is 9.10. The number of hydrogen-bond acceptors (Lipinski definition) is 5. The summed E-state index contributed by atoms with van der Waals surface area (Å²) in [5, 5.41) is 10.9. The highest BCUT2D eigenvalue weighted by Gasteiger charge is 2.24. The van der Waals surface area contributed by atoms with Crippen LogP contribution in [0.5, 0.6) is 0 Å². The van der Waals surface area contributed by atoms with E-state index in [9.17, 15) is 19.7 Å². The van der Waals surface area contributed by atoms with Gasteiger partial charge < -0.3 is 10.5 Å². The Morgan fingerprint density at radius 2 is 1.83 bits per heavy atom. The van der Waals surface area contributed by atoms with Crippen molar-refractivity contribution in [2.45, 2.75) is 6.10 Å². The first-order chi connectivity index (χ1) is 10.9. The van der Waals surface area contributed by atoms with Crippen molar-refractivity contribution in [3.05, 3.63) is 74.2 Å². The van der Waals surface area contributed by atoms with E-state index in [4.69, 9.17) is 10.5 Å². The minimum atomic E-state index is -1.27. The van der Waals surface area contributed by atoms with E-state index in [1.807, 2.05) is 0 Å². The van der Waals surface area contributed by atoms with Crippen molar-refractivity contribution in [3.63, 3.8) is 0 Å². The maximum atomic E-state index is 12.2. The molecule has 7 nitrogen and oxygen atoms in total. The lowest BCUT2D eigenvalue weighted by Crippen LogP contribution is -2.26. The van der Waals surface area contributed by atoms with Crippen LogP contribution in [0.4, 0.5) is 5.69 Å². The summed E-state index contributed by atoms with van der Waals surface area (Å²) in [7, 11) is 0. The van der Waals surface area contributed by atoms with Gasteiger partial charge in [0.25, 0.3) is 11.6 Å². The topological polar surface area (TPSA) is 113 Å². The molecule has 2 aromatic rings. The van der Waals surface area contributed by atoms with Gasteiger partial charge in [-0.3, -0.25) is 14.9 Å². The van der Waals surface area contributed by atoms with Gasteiger partial charge in [0.15, 0.2) is 0 Å². The normalized spacial score (nSPS) is 11.5. The number of amides is 1. The fourth-order valence-electron chi connectivity index (χ4n) is 1.87. The number of benzene rings is 2. The maximum Gasteiger partial charge on any atom is 0.339 e. The fraction of sp³-hybridized carbons (Fsp3) is 0.0667. The number of nitro groups is 1. The number of ether oxygens (including phenoxy) is 1. The number of nitrogens with zero attached hydrogens (tertiary/aromatic N) is 1. The summed E-state index contributed by atoms with van der Waals surface area (Å²) in [5.74, 6) is -1.72. The SMILES string of the molecule is NC(=O)C(OC(=O)c1ccc(Br)c([N+](=O)[O-])c1)c1ccccc1. The average molecular weight is 379 g/mol. The predicted octanol–water partition coefficient (Wildman–Crippen LogP) is 2.74. The van der Waals surface area contributed by atoms with E-state index in [1.54, 1.807) is 30.3 Å². The van der Waals surface area contributed by atoms with Gasteiger partial charge in [0, 0.05) is 11.6 Å². The third kappa shape index (κ3) is 3.92. The monoisotopic (exact) mass is 378 g/mol. The lowest BCUT2D eigenvalue weighted by Gasteiger charge is -2.15. The number of hydrogen-bond donors (Lipinski definition) is 1. The Morgan fingerprint density at radius 1 is 1.17 bits per heavy atom. The van der Waals surface area contributed by atoms with E-state index < -0.39 is 22.9 Å². The summed E-state index contributed by atoms with van der Waals surface area (Å²) in [5.41, 5.74) is 5.35. The van der Waals surface area contributed by atoms with E-state index >= 15 is 0 Å². The van der Waals surface area contributed by atoms with Crippen LogP contribution >= 0.6 is 15.9 Å². The van der Waals surface area contributed by atoms with E-state index in [0.717, 1.165) is 6.07 Å². The standard InChI is InChI=1S/C15H11BrN2O5/c16-11-7-6-10(8-12(11)18(21)22)15(20)23-13(14(17)19)9-4-2-1-3-5-9/h1-8,13H,(H2,17,19). The summed E-state index contributed by atoms with van der Waals surface area (Å²) in [6.07, 6.45) is -1.27. The van der Waals surface area contributed by atoms with Gasteiger partial charge >= 0.3 is 5.97 Å². The highest BCUT2D eigenvalue weighted by Crippen LogP contribution is 2.27. The van der Waals surface area contributed by atoms with Crippen molar-refractivity contribution in [2.24, 2.45) is 5.73 Å². The zero-order valence-corrected chi connectivity index (χ0v) is 13.2. The van der Waals surface area contributed by atoms with Gasteiger partial charge in [-0.1, -0.05) is 30.3 Å². The number of esters is 1. The Morgan fingerprint density at radius 3 is 2.39 bits per heavy atom. The van der Waals surface area contributed by atoms with Crippen LogP contribution in [0.1, 0.15) is 22.0 Å². The third-order valence-corrected chi connectivity index (χ3v) is 3.63. The first-order valence-corrected chi connectivity index (χ1v) is 7.18. The molecule has 8 heteroatoms. The van der Waals surface area contributed by atoms with Crippen molar-refractivity contribution in [3.8, 4) is 0 Å². The zero-order valence-electron chi connectivity index (χ0n) is 11.6. The average Bonchev–Trinajstić information content (AvgIpc) is 2.53. The Hall–Kier alpha value is -2.74. The number of rotatable bonds is 5. The maximum absolute atomic E-state index is 12.2. The van der Waals surface area contributed by atoms with Crippen LogP contribution in [0, 0.1) is 10.1 Å². The molecule has 1 amide bonds. The van der Waals surface area contributed by atoms with Crippen molar-refractivity contribution in [1.29, 1.82) is 0 Å². The van der Waals surface area contributed by atoms with Gasteiger partial charge in [-0.25, -0.2) is 4.79 Å². The molecule has 2 aromatic carbocycles. The van der Waals surface area contributed by atoms with E-state index in [-0.39, 0.29) is 15.7 Å². The molecule has 23 heavy (non-hydrogen) atoms. The number of nitrogens with two attached hydrogens (primary N) is 1. The summed E-state index contributed by atoms with van der Waals surface area (Å²) in [6.45, 7) is 0. The van der Waals surface area contributed by atoms with Crippen LogP contribution in [0.2, 0.25) is 0 Å². The second-order valence-corrected chi connectivity index (χ2v) is 5.38. The minimum Gasteiger partial charge on any atom is -0.444 e. The van der Waals surface area contributed by atoms with Gasteiger partial charge in [-0.05, 0) is 28.1 Å². The molecule has 0 aromatic heterocycles. The second-order valence-electron chi connectivity index (χ2n) is 4.52. The molecule has 0 aliphatic rings. The highest BCUT2D eigenvalue weighted by atomic mass is 79.9. The van der Waals surface area contributed by atoms with Crippen LogP contribution in [0.15, 0.2) is 53.0 Å². The second kappa shape index (κ2) is 7.01. The number of carbonyl (C=O) groups is 2. The van der Waals surface area contributed by atoms with Crippen LogP contribution in [-0.4, -0.2) is 16.8 Å². The molecule has 0 fully saturated rings. The number of primary amides is 1. The van der Waals surface area contributed by atoms with Crippen LogP contribution in [0.3, 0.4) is 0 Å². The molecular weight excluding hydrogens is 368 g/mol. The van der Waals surface area contributed by atoms with Gasteiger partial charge in [-0.2, -0.15) is 0 Å². The predicted molar refractivity (Wildman–Crippen MR) is 84.6 cm³/mol. The summed E-state index contributed by atoms with van der Waals surface area (Å²) in [6, 6.07) is 12.0. The van der Waals surface area contributed by atoms with Crippen LogP contribution in [-0.2, 0) is 9.53 Å². The summed E-state index contributed by atoms with van der Waals surface area (Å²) in [4.78, 5) is 33.9.